The second-order valence-electron chi connectivity index (χ2n) is 10.6. The Balaban J connectivity index is 1.29. The van der Waals surface area contributed by atoms with Gasteiger partial charge >= 0.3 is 0 Å². The first-order valence-electron chi connectivity index (χ1n) is 11.5. The zero-order valence-corrected chi connectivity index (χ0v) is 18.2. The smallest absolute Gasteiger partial charge is 0.272 e. The summed E-state index contributed by atoms with van der Waals surface area (Å²) in [4.78, 5) is 12.7. The number of fused-ring (bicyclic) bond motifs is 9. The topological polar surface area (TPSA) is 63.7 Å². The van der Waals surface area contributed by atoms with Gasteiger partial charge in [-0.25, -0.2) is 5.06 Å². The highest BCUT2D eigenvalue weighted by atomic mass is 32.2. The molecule has 5 rings (SSSR count). The van der Waals surface area contributed by atoms with E-state index in [4.69, 9.17) is 4.28 Å². The van der Waals surface area contributed by atoms with Crippen LogP contribution in [0, 0.1) is 53.3 Å². The van der Waals surface area contributed by atoms with Gasteiger partial charge in [-0.15, -0.1) is 4.28 Å². The summed E-state index contributed by atoms with van der Waals surface area (Å²) < 4.78 is 31.7. The molecule has 9 atom stereocenters. The molecule has 5 saturated carbocycles. The molecule has 0 saturated heterocycles. The zero-order valence-electron chi connectivity index (χ0n) is 17.4. The Morgan fingerprint density at radius 3 is 2.21 bits per heavy atom. The molecule has 158 valence electrons. The summed E-state index contributed by atoms with van der Waals surface area (Å²) in [6.45, 7) is 4.77. The molecule has 0 aromatic rings. The number of carbonyl (C=O) groups excluding carboxylic acids is 1. The van der Waals surface area contributed by atoms with E-state index in [2.05, 4.69) is 13.8 Å². The van der Waals surface area contributed by atoms with Crippen LogP contribution in [0.15, 0.2) is 0 Å². The van der Waals surface area contributed by atoms with Crippen molar-refractivity contribution in [1.82, 2.24) is 5.06 Å². The van der Waals surface area contributed by atoms with E-state index in [1.165, 1.54) is 19.9 Å². The Morgan fingerprint density at radius 2 is 1.54 bits per heavy atom. The molecule has 5 aliphatic carbocycles. The van der Waals surface area contributed by atoms with Crippen LogP contribution < -0.4 is 0 Å². The molecule has 5 aliphatic rings. The third-order valence-corrected chi connectivity index (χ3v) is 11.4. The van der Waals surface area contributed by atoms with E-state index >= 15 is 0 Å². The van der Waals surface area contributed by atoms with Crippen LogP contribution in [0.1, 0.15) is 65.2 Å². The van der Waals surface area contributed by atoms with Crippen LogP contribution in [-0.4, -0.2) is 31.7 Å². The maximum atomic E-state index is 13.1. The number of rotatable bonds is 4. The highest BCUT2D eigenvalue weighted by Gasteiger charge is 2.67. The monoisotopic (exact) mass is 409 g/mol. The molecule has 9 unspecified atom stereocenters. The zero-order chi connectivity index (χ0) is 19.8. The number of amides is 1. The Kier molecular flexibility index (Phi) is 4.63. The van der Waals surface area contributed by atoms with Crippen LogP contribution in [0.4, 0.5) is 0 Å². The highest BCUT2D eigenvalue weighted by molar-refractivity contribution is 7.87. The van der Waals surface area contributed by atoms with Crippen LogP contribution in [0.25, 0.3) is 0 Å². The molecule has 0 spiro atoms. The van der Waals surface area contributed by atoms with Gasteiger partial charge in [0.25, 0.3) is 10.1 Å². The van der Waals surface area contributed by atoms with Crippen molar-refractivity contribution < 1.29 is 17.5 Å². The number of carbonyl (C=O) groups is 1. The van der Waals surface area contributed by atoms with Gasteiger partial charge in [-0.1, -0.05) is 33.1 Å². The molecule has 0 aliphatic heterocycles. The van der Waals surface area contributed by atoms with Crippen molar-refractivity contribution in [1.29, 1.82) is 0 Å². The minimum Gasteiger partial charge on any atom is -0.272 e. The lowest BCUT2D eigenvalue weighted by Gasteiger charge is -2.43. The minimum absolute atomic E-state index is 0.0775. The number of hydroxylamine groups is 2. The maximum Gasteiger partial charge on any atom is 0.291 e. The number of hydrogen-bond donors (Lipinski definition) is 0. The summed E-state index contributed by atoms with van der Waals surface area (Å²) in [5.74, 6) is 4.86. The first-order chi connectivity index (χ1) is 13.3. The molecule has 5 fully saturated rings. The Morgan fingerprint density at radius 1 is 0.893 bits per heavy atom. The lowest BCUT2D eigenvalue weighted by molar-refractivity contribution is -0.157. The molecular formula is C22H35NO4S. The first kappa shape index (κ1) is 19.3. The van der Waals surface area contributed by atoms with Gasteiger partial charge in [-0.05, 0) is 79.4 Å². The van der Waals surface area contributed by atoms with Crippen LogP contribution in [0.5, 0.6) is 0 Å². The normalized spacial score (nSPS) is 47.5. The van der Waals surface area contributed by atoms with Gasteiger partial charge in [0.05, 0.1) is 5.25 Å². The summed E-state index contributed by atoms with van der Waals surface area (Å²) in [6, 6.07) is 0. The average Bonchev–Trinajstić information content (AvgIpc) is 3.41. The SMILES string of the molecule is CC1C(C)C2CC1C1C3CC(C21)C(S(=O)(=O)ON(C)C(=O)C1CCCCC1)C3. The lowest BCUT2D eigenvalue weighted by atomic mass is 9.64. The second kappa shape index (κ2) is 6.69. The van der Waals surface area contributed by atoms with Gasteiger partial charge in [0.1, 0.15) is 0 Å². The molecule has 1 amide bonds. The lowest BCUT2D eigenvalue weighted by Crippen LogP contribution is -2.45. The molecule has 4 bridgehead atoms. The van der Waals surface area contributed by atoms with Gasteiger partial charge in [-0.2, -0.15) is 8.42 Å². The van der Waals surface area contributed by atoms with Gasteiger partial charge in [-0.3, -0.25) is 4.79 Å². The molecular weight excluding hydrogens is 374 g/mol. The minimum atomic E-state index is -3.76. The van der Waals surface area contributed by atoms with Crippen LogP contribution >= 0.6 is 0 Å². The quantitative estimate of drug-likeness (QED) is 0.523. The second-order valence-corrected chi connectivity index (χ2v) is 12.3. The van der Waals surface area contributed by atoms with Crippen LogP contribution in [0.3, 0.4) is 0 Å². The molecule has 6 heteroatoms. The Bertz CT molecular complexity index is 746. The molecule has 0 aromatic heterocycles. The predicted octanol–water partition coefficient (Wildman–Crippen LogP) is 3.85. The summed E-state index contributed by atoms with van der Waals surface area (Å²) >= 11 is 0. The fraction of sp³-hybridized carbons (Fsp3) is 0.955. The van der Waals surface area contributed by atoms with Crippen molar-refractivity contribution in [2.45, 2.75) is 70.5 Å². The van der Waals surface area contributed by atoms with Gasteiger partial charge in [0.15, 0.2) is 0 Å². The van der Waals surface area contributed by atoms with Gasteiger partial charge < -0.3 is 0 Å². The van der Waals surface area contributed by atoms with E-state index in [1.807, 2.05) is 0 Å². The Labute approximate surface area is 169 Å². The van der Waals surface area contributed by atoms with E-state index in [-0.39, 0.29) is 17.7 Å². The third kappa shape index (κ3) is 2.73. The van der Waals surface area contributed by atoms with Crippen molar-refractivity contribution in [2.75, 3.05) is 7.05 Å². The van der Waals surface area contributed by atoms with Crippen molar-refractivity contribution in [2.24, 2.45) is 53.3 Å². The number of nitrogens with zero attached hydrogens (tertiary/aromatic N) is 1. The van der Waals surface area contributed by atoms with Crippen molar-refractivity contribution >= 4 is 16.0 Å². The summed E-state index contributed by atoms with van der Waals surface area (Å²) in [5, 5.41) is 0.627. The summed E-state index contributed by atoms with van der Waals surface area (Å²) in [5.41, 5.74) is 0. The van der Waals surface area contributed by atoms with Crippen molar-refractivity contribution in [3.63, 3.8) is 0 Å². The molecule has 0 aromatic carbocycles. The predicted molar refractivity (Wildman–Crippen MR) is 106 cm³/mol. The largest absolute Gasteiger partial charge is 0.291 e. The van der Waals surface area contributed by atoms with Crippen LogP contribution in [-0.2, 0) is 19.2 Å². The van der Waals surface area contributed by atoms with E-state index < -0.39 is 15.4 Å². The first-order valence-corrected chi connectivity index (χ1v) is 13.0. The molecule has 0 radical (unpaired) electrons. The van der Waals surface area contributed by atoms with E-state index in [0.717, 1.165) is 61.3 Å². The highest BCUT2D eigenvalue weighted by Crippen LogP contribution is 2.70. The third-order valence-electron chi connectivity index (χ3n) is 9.64. The van der Waals surface area contributed by atoms with Crippen molar-refractivity contribution in [3.05, 3.63) is 0 Å². The molecule has 0 N–H and O–H groups in total. The molecule has 5 nitrogen and oxygen atoms in total. The molecule has 0 heterocycles. The maximum absolute atomic E-state index is 13.1. The van der Waals surface area contributed by atoms with E-state index in [0.29, 0.717) is 23.7 Å². The van der Waals surface area contributed by atoms with E-state index in [9.17, 15) is 13.2 Å². The van der Waals surface area contributed by atoms with Crippen molar-refractivity contribution in [3.8, 4) is 0 Å². The van der Waals surface area contributed by atoms with E-state index in [1.54, 1.807) is 0 Å². The fourth-order valence-electron chi connectivity index (χ4n) is 8.35. The fourth-order valence-corrected chi connectivity index (χ4v) is 10.1. The molecule has 28 heavy (non-hydrogen) atoms. The van der Waals surface area contributed by atoms with Gasteiger partial charge in [0.2, 0.25) is 5.91 Å². The summed E-state index contributed by atoms with van der Waals surface area (Å²) in [6.07, 6.45) is 8.06. The number of hydrogen-bond acceptors (Lipinski definition) is 4. The Hall–Kier alpha value is -0.620. The van der Waals surface area contributed by atoms with Crippen LogP contribution in [0.2, 0.25) is 0 Å². The van der Waals surface area contributed by atoms with Gasteiger partial charge in [0, 0.05) is 13.0 Å². The standard InChI is InChI=1S/C22H35NO4S/c1-12-13(2)17-11-16(12)20-15-9-18(21(17)20)19(10-15)28(25,26)27-23(3)22(24)14-7-5-4-6-8-14/h12-21H,4-11H2,1-3H3. The summed E-state index contributed by atoms with van der Waals surface area (Å²) in [7, 11) is -2.26. The average molecular weight is 410 g/mol.